The molecule has 0 aromatic rings. The third kappa shape index (κ3) is 7.10. The van der Waals surface area contributed by atoms with Gasteiger partial charge in [-0.25, -0.2) is 0 Å². The van der Waals surface area contributed by atoms with Crippen LogP contribution in [0.5, 0.6) is 0 Å². The minimum absolute atomic E-state index is 0.135. The van der Waals surface area contributed by atoms with Gasteiger partial charge >= 0.3 is 12.1 Å². The van der Waals surface area contributed by atoms with Gasteiger partial charge in [-0.2, -0.15) is 22.0 Å². The maximum absolute atomic E-state index is 12.5. The van der Waals surface area contributed by atoms with Crippen LogP contribution in [-0.2, 0) is 4.74 Å². The largest absolute Gasteiger partial charge is 0.455 e. The summed E-state index contributed by atoms with van der Waals surface area (Å²) in [6.45, 7) is 6.21. The van der Waals surface area contributed by atoms with Gasteiger partial charge in [-0.05, 0) is 26.7 Å². The van der Waals surface area contributed by atoms with Crippen LogP contribution >= 0.6 is 0 Å². The summed E-state index contributed by atoms with van der Waals surface area (Å²) in [4.78, 5) is 0. The van der Waals surface area contributed by atoms with E-state index in [1.165, 1.54) is 0 Å². The van der Waals surface area contributed by atoms with Crippen molar-refractivity contribution in [3.8, 4) is 0 Å². The smallest absolute Gasteiger partial charge is 0.374 e. The van der Waals surface area contributed by atoms with E-state index in [1.54, 1.807) is 6.92 Å². The summed E-state index contributed by atoms with van der Waals surface area (Å²) >= 11 is 0. The SMILES string of the molecule is CC(CNC(C)(C)C)COCC(F)(F)C(F)(F)F. The Morgan fingerprint density at radius 1 is 1.06 bits per heavy atom. The molecule has 110 valence electrons. The van der Waals surface area contributed by atoms with E-state index >= 15 is 0 Å². The Bertz CT molecular complexity index is 247. The van der Waals surface area contributed by atoms with Gasteiger partial charge in [0.1, 0.15) is 6.61 Å². The van der Waals surface area contributed by atoms with Crippen LogP contribution in [0.3, 0.4) is 0 Å². The van der Waals surface area contributed by atoms with Crippen LogP contribution in [0, 0.1) is 5.92 Å². The van der Waals surface area contributed by atoms with Gasteiger partial charge in [0.15, 0.2) is 0 Å². The van der Waals surface area contributed by atoms with Gasteiger partial charge in [-0.1, -0.05) is 6.92 Å². The molecule has 0 amide bonds. The number of alkyl halides is 5. The zero-order valence-corrected chi connectivity index (χ0v) is 11.0. The van der Waals surface area contributed by atoms with E-state index in [4.69, 9.17) is 0 Å². The third-order valence-corrected chi connectivity index (χ3v) is 2.08. The molecule has 0 spiro atoms. The van der Waals surface area contributed by atoms with E-state index < -0.39 is 18.7 Å². The molecule has 0 rings (SSSR count). The maximum Gasteiger partial charge on any atom is 0.455 e. The predicted octanol–water partition coefficient (Wildman–Crippen LogP) is 3.22. The number of hydrogen-bond acceptors (Lipinski definition) is 2. The fraction of sp³-hybridized carbons (Fsp3) is 1.00. The highest BCUT2D eigenvalue weighted by Gasteiger charge is 2.57. The fourth-order valence-electron chi connectivity index (χ4n) is 1.01. The van der Waals surface area contributed by atoms with Crippen LogP contribution in [0.4, 0.5) is 22.0 Å². The van der Waals surface area contributed by atoms with Crippen LogP contribution in [0.2, 0.25) is 0 Å². The molecular weight excluding hydrogens is 257 g/mol. The molecule has 0 aromatic carbocycles. The van der Waals surface area contributed by atoms with Crippen molar-refractivity contribution in [1.82, 2.24) is 5.32 Å². The van der Waals surface area contributed by atoms with E-state index in [0.717, 1.165) is 0 Å². The van der Waals surface area contributed by atoms with Crippen LogP contribution in [0.1, 0.15) is 27.7 Å². The summed E-state index contributed by atoms with van der Waals surface area (Å²) in [5.74, 6) is -4.93. The lowest BCUT2D eigenvalue weighted by atomic mass is 10.1. The van der Waals surface area contributed by atoms with Crippen LogP contribution < -0.4 is 5.32 Å². The van der Waals surface area contributed by atoms with Crippen molar-refractivity contribution < 1.29 is 26.7 Å². The Balaban J connectivity index is 3.92. The Kier molecular flexibility index (Phi) is 6.00. The van der Waals surface area contributed by atoms with E-state index in [1.807, 2.05) is 20.8 Å². The number of hydrogen-bond donors (Lipinski definition) is 1. The third-order valence-electron chi connectivity index (χ3n) is 2.08. The van der Waals surface area contributed by atoms with Gasteiger partial charge < -0.3 is 10.1 Å². The molecule has 0 fully saturated rings. The van der Waals surface area contributed by atoms with Crippen molar-refractivity contribution in [2.75, 3.05) is 19.8 Å². The molecule has 2 nitrogen and oxygen atoms in total. The van der Waals surface area contributed by atoms with Crippen molar-refractivity contribution in [3.05, 3.63) is 0 Å². The maximum atomic E-state index is 12.5. The molecule has 1 N–H and O–H groups in total. The molecule has 0 bridgehead atoms. The first-order valence-corrected chi connectivity index (χ1v) is 5.62. The number of nitrogens with one attached hydrogen (secondary N) is 1. The highest BCUT2D eigenvalue weighted by molar-refractivity contribution is 4.75. The van der Waals surface area contributed by atoms with Gasteiger partial charge in [0.25, 0.3) is 0 Å². The first-order valence-electron chi connectivity index (χ1n) is 5.62. The van der Waals surface area contributed by atoms with E-state index in [0.29, 0.717) is 6.54 Å². The van der Waals surface area contributed by atoms with Crippen molar-refractivity contribution >= 4 is 0 Å². The second-order valence-corrected chi connectivity index (χ2v) is 5.45. The Labute approximate surface area is 104 Å². The molecule has 1 unspecified atom stereocenters. The number of rotatable bonds is 6. The average Bonchev–Trinajstić information content (AvgIpc) is 2.11. The Morgan fingerprint density at radius 2 is 1.56 bits per heavy atom. The summed E-state index contributed by atoms with van der Waals surface area (Å²) in [6.07, 6.45) is -5.56. The quantitative estimate of drug-likeness (QED) is 0.753. The molecule has 0 aromatic heterocycles. The minimum Gasteiger partial charge on any atom is -0.374 e. The summed E-state index contributed by atoms with van der Waals surface area (Å²) < 4.78 is 64.9. The summed E-state index contributed by atoms with van der Waals surface area (Å²) in [7, 11) is 0. The van der Waals surface area contributed by atoms with Gasteiger partial charge in [-0.15, -0.1) is 0 Å². The van der Waals surface area contributed by atoms with E-state index in [9.17, 15) is 22.0 Å². The molecule has 0 heterocycles. The molecule has 0 aliphatic carbocycles. The molecule has 0 saturated heterocycles. The fourth-order valence-corrected chi connectivity index (χ4v) is 1.01. The van der Waals surface area contributed by atoms with Crippen molar-refractivity contribution in [2.45, 2.75) is 45.3 Å². The molecule has 0 saturated carbocycles. The highest BCUT2D eigenvalue weighted by atomic mass is 19.4. The van der Waals surface area contributed by atoms with Crippen LogP contribution in [-0.4, -0.2) is 37.4 Å². The van der Waals surface area contributed by atoms with Gasteiger partial charge in [-0.3, -0.25) is 0 Å². The Morgan fingerprint density at radius 3 is 1.94 bits per heavy atom. The molecule has 18 heavy (non-hydrogen) atoms. The topological polar surface area (TPSA) is 21.3 Å². The lowest BCUT2D eigenvalue weighted by Crippen LogP contribution is -2.42. The van der Waals surface area contributed by atoms with Gasteiger partial charge in [0, 0.05) is 12.1 Å². The van der Waals surface area contributed by atoms with E-state index in [2.05, 4.69) is 10.1 Å². The number of halogens is 5. The second-order valence-electron chi connectivity index (χ2n) is 5.45. The molecule has 0 radical (unpaired) electrons. The van der Waals surface area contributed by atoms with E-state index in [-0.39, 0.29) is 18.1 Å². The highest BCUT2D eigenvalue weighted by Crippen LogP contribution is 2.35. The molecule has 1 atom stereocenters. The molecular formula is C11H20F5NO. The lowest BCUT2D eigenvalue weighted by Gasteiger charge is -2.24. The first-order chi connectivity index (χ1) is 7.85. The van der Waals surface area contributed by atoms with Crippen LogP contribution in [0.25, 0.3) is 0 Å². The first kappa shape index (κ1) is 17.6. The average molecular weight is 277 g/mol. The summed E-state index contributed by atoms with van der Waals surface area (Å²) in [5.41, 5.74) is -0.135. The van der Waals surface area contributed by atoms with Crippen LogP contribution in [0.15, 0.2) is 0 Å². The molecule has 0 aliphatic rings. The Hall–Kier alpha value is -0.430. The normalized spacial score (nSPS) is 15.8. The zero-order valence-electron chi connectivity index (χ0n) is 11.0. The standard InChI is InChI=1S/C11H20F5NO/c1-8(5-17-9(2,3)4)6-18-7-10(12,13)11(14,15)16/h8,17H,5-7H2,1-4H3. The lowest BCUT2D eigenvalue weighted by molar-refractivity contribution is -0.297. The van der Waals surface area contributed by atoms with Crippen molar-refractivity contribution in [1.29, 1.82) is 0 Å². The molecule has 7 heteroatoms. The van der Waals surface area contributed by atoms with Crippen molar-refractivity contribution in [2.24, 2.45) is 5.92 Å². The summed E-state index contributed by atoms with van der Waals surface area (Å²) in [5, 5.41) is 3.11. The second kappa shape index (κ2) is 6.14. The van der Waals surface area contributed by atoms with Crippen molar-refractivity contribution in [3.63, 3.8) is 0 Å². The van der Waals surface area contributed by atoms with Gasteiger partial charge in [0.2, 0.25) is 0 Å². The monoisotopic (exact) mass is 277 g/mol. The zero-order chi connectivity index (χ0) is 14.6. The molecule has 0 aliphatic heterocycles. The summed E-state index contributed by atoms with van der Waals surface area (Å²) in [6, 6.07) is 0. The predicted molar refractivity (Wildman–Crippen MR) is 58.7 cm³/mol. The minimum atomic E-state index is -5.56. The van der Waals surface area contributed by atoms with Gasteiger partial charge in [0.05, 0.1) is 6.61 Å². The number of ether oxygens (including phenoxy) is 1.